The van der Waals surface area contributed by atoms with Crippen molar-refractivity contribution < 1.29 is 13.2 Å². The van der Waals surface area contributed by atoms with Crippen molar-refractivity contribution in [3.63, 3.8) is 0 Å². The Morgan fingerprint density at radius 2 is 1.76 bits per heavy atom. The quantitative estimate of drug-likeness (QED) is 0.629. The molecule has 29 heavy (non-hydrogen) atoms. The van der Waals surface area contributed by atoms with E-state index in [2.05, 4.69) is 5.32 Å². The number of thiophene rings is 1. The topological polar surface area (TPSA) is 66.5 Å². The van der Waals surface area contributed by atoms with E-state index in [0.29, 0.717) is 29.2 Å². The lowest BCUT2D eigenvalue weighted by molar-refractivity contribution is 0.0943. The van der Waals surface area contributed by atoms with Crippen molar-refractivity contribution in [1.82, 2.24) is 5.32 Å². The number of nitrogens with one attached hydrogen (secondary N) is 1. The average Bonchev–Trinajstić information content (AvgIpc) is 3.36. The van der Waals surface area contributed by atoms with E-state index in [1.807, 2.05) is 29.0 Å². The van der Waals surface area contributed by atoms with Crippen molar-refractivity contribution in [2.24, 2.45) is 0 Å². The van der Waals surface area contributed by atoms with Gasteiger partial charge in [0.1, 0.15) is 0 Å². The van der Waals surface area contributed by atoms with E-state index in [1.54, 1.807) is 47.7 Å². The average molecular weight is 447 g/mol. The number of halogens is 1. The van der Waals surface area contributed by atoms with Crippen LogP contribution in [0.15, 0.2) is 65.4 Å². The Kier molecular flexibility index (Phi) is 5.63. The van der Waals surface area contributed by atoms with Gasteiger partial charge in [-0.2, -0.15) is 11.3 Å². The number of benzene rings is 2. The summed E-state index contributed by atoms with van der Waals surface area (Å²) in [5, 5.41) is 7.67. The van der Waals surface area contributed by atoms with E-state index >= 15 is 0 Å². The Bertz CT molecular complexity index is 1100. The molecule has 1 saturated heterocycles. The van der Waals surface area contributed by atoms with Crippen LogP contribution in [0.2, 0.25) is 5.02 Å². The maximum atomic E-state index is 12.9. The summed E-state index contributed by atoms with van der Waals surface area (Å²) >= 11 is 7.56. The molecule has 150 valence electrons. The lowest BCUT2D eigenvalue weighted by atomic mass is 10.0. The van der Waals surface area contributed by atoms with Crippen molar-refractivity contribution in [3.8, 4) is 0 Å². The maximum absolute atomic E-state index is 12.9. The SMILES string of the molecule is O=C(NC(c1ccc(Cl)cc1)c1ccsc1)c1ccc(N2CCCS2(=O)=O)cc1. The molecule has 1 atom stereocenters. The predicted octanol–water partition coefficient (Wildman–Crippen LogP) is 4.46. The highest BCUT2D eigenvalue weighted by molar-refractivity contribution is 7.93. The molecule has 8 heteroatoms. The monoisotopic (exact) mass is 446 g/mol. The molecule has 0 aliphatic carbocycles. The van der Waals surface area contributed by atoms with Crippen LogP contribution in [0.1, 0.15) is 33.9 Å². The summed E-state index contributed by atoms with van der Waals surface area (Å²) in [6.07, 6.45) is 0.619. The summed E-state index contributed by atoms with van der Waals surface area (Å²) in [6.45, 7) is 0.477. The van der Waals surface area contributed by atoms with Gasteiger partial charge < -0.3 is 5.32 Å². The van der Waals surface area contributed by atoms with E-state index in [1.165, 1.54) is 4.31 Å². The van der Waals surface area contributed by atoms with Gasteiger partial charge in [0.25, 0.3) is 5.91 Å². The molecule has 1 fully saturated rings. The summed E-state index contributed by atoms with van der Waals surface area (Å²) in [7, 11) is -3.24. The molecule has 1 N–H and O–H groups in total. The Balaban J connectivity index is 1.56. The van der Waals surface area contributed by atoms with E-state index in [4.69, 9.17) is 11.6 Å². The predicted molar refractivity (Wildman–Crippen MR) is 117 cm³/mol. The van der Waals surface area contributed by atoms with E-state index in [0.717, 1.165) is 11.1 Å². The first-order valence-corrected chi connectivity index (χ1v) is 12.1. The van der Waals surface area contributed by atoms with Gasteiger partial charge >= 0.3 is 0 Å². The van der Waals surface area contributed by atoms with Crippen LogP contribution < -0.4 is 9.62 Å². The number of anilines is 1. The Morgan fingerprint density at radius 3 is 2.34 bits per heavy atom. The number of amides is 1. The minimum Gasteiger partial charge on any atom is -0.341 e. The smallest absolute Gasteiger partial charge is 0.252 e. The van der Waals surface area contributed by atoms with Gasteiger partial charge in [-0.05, 0) is 70.8 Å². The highest BCUT2D eigenvalue weighted by Crippen LogP contribution is 2.27. The number of hydrogen-bond donors (Lipinski definition) is 1. The molecule has 4 rings (SSSR count). The molecule has 0 bridgehead atoms. The third kappa shape index (κ3) is 4.32. The second kappa shape index (κ2) is 8.18. The summed E-state index contributed by atoms with van der Waals surface area (Å²) < 4.78 is 25.6. The van der Waals surface area contributed by atoms with Gasteiger partial charge in [0.2, 0.25) is 10.0 Å². The summed E-state index contributed by atoms with van der Waals surface area (Å²) in [6, 6.07) is 15.7. The van der Waals surface area contributed by atoms with Crippen LogP contribution >= 0.6 is 22.9 Å². The first-order valence-electron chi connectivity index (χ1n) is 9.13. The fraction of sp³-hybridized carbons (Fsp3) is 0.190. The second-order valence-corrected chi connectivity index (χ2v) is 10.0. The molecule has 5 nitrogen and oxygen atoms in total. The van der Waals surface area contributed by atoms with Crippen molar-refractivity contribution in [1.29, 1.82) is 0 Å². The van der Waals surface area contributed by atoms with E-state index in [-0.39, 0.29) is 17.7 Å². The molecule has 3 aromatic rings. The van der Waals surface area contributed by atoms with Crippen molar-refractivity contribution in [3.05, 3.63) is 87.1 Å². The molecule has 2 heterocycles. The van der Waals surface area contributed by atoms with Crippen molar-refractivity contribution in [2.75, 3.05) is 16.6 Å². The Hall–Kier alpha value is -2.35. The summed E-state index contributed by atoms with van der Waals surface area (Å²) in [5.41, 5.74) is 2.98. The van der Waals surface area contributed by atoms with Crippen LogP contribution in [-0.2, 0) is 10.0 Å². The molecule has 1 amide bonds. The molecule has 1 aliphatic heterocycles. The molecule has 1 aromatic heterocycles. The molecule has 0 radical (unpaired) electrons. The van der Waals surface area contributed by atoms with Gasteiger partial charge in [-0.25, -0.2) is 8.42 Å². The van der Waals surface area contributed by atoms with E-state index < -0.39 is 10.0 Å². The fourth-order valence-corrected chi connectivity index (χ4v) is 5.75. The van der Waals surface area contributed by atoms with Crippen LogP contribution in [0.5, 0.6) is 0 Å². The van der Waals surface area contributed by atoms with Crippen LogP contribution in [0, 0.1) is 0 Å². The Labute approximate surface area is 179 Å². The van der Waals surface area contributed by atoms with Crippen LogP contribution in [0.25, 0.3) is 0 Å². The molecule has 2 aromatic carbocycles. The normalized spacial score (nSPS) is 16.5. The van der Waals surface area contributed by atoms with Gasteiger partial charge in [0, 0.05) is 17.1 Å². The molecule has 0 saturated carbocycles. The van der Waals surface area contributed by atoms with Gasteiger partial charge in [0.05, 0.1) is 17.5 Å². The number of sulfonamides is 1. The number of hydrogen-bond acceptors (Lipinski definition) is 4. The minimum absolute atomic E-state index is 0.165. The molecule has 1 unspecified atom stereocenters. The van der Waals surface area contributed by atoms with E-state index in [9.17, 15) is 13.2 Å². The van der Waals surface area contributed by atoms with Crippen LogP contribution in [0.4, 0.5) is 5.69 Å². The van der Waals surface area contributed by atoms with Crippen LogP contribution in [0.3, 0.4) is 0 Å². The third-order valence-electron chi connectivity index (χ3n) is 4.87. The van der Waals surface area contributed by atoms with Crippen molar-refractivity contribution in [2.45, 2.75) is 12.5 Å². The standard InChI is InChI=1S/C21H19ClN2O3S2/c22-18-6-2-15(3-7-18)20(17-10-12-28-14-17)23-21(25)16-4-8-19(9-5-16)24-11-1-13-29(24,26)27/h2-10,12,14,20H,1,11,13H2,(H,23,25). The maximum Gasteiger partial charge on any atom is 0.252 e. The number of carbonyl (C=O) groups excluding carboxylic acids is 1. The molecular weight excluding hydrogens is 428 g/mol. The highest BCUT2D eigenvalue weighted by atomic mass is 35.5. The first kappa shape index (κ1) is 19.9. The zero-order valence-electron chi connectivity index (χ0n) is 15.4. The van der Waals surface area contributed by atoms with Crippen LogP contribution in [-0.4, -0.2) is 26.6 Å². The van der Waals surface area contributed by atoms with Crippen molar-refractivity contribution >= 4 is 44.6 Å². The van der Waals surface area contributed by atoms with Gasteiger partial charge in [-0.3, -0.25) is 9.10 Å². The molecule has 1 aliphatic rings. The van der Waals surface area contributed by atoms with Gasteiger partial charge in [-0.15, -0.1) is 0 Å². The lowest BCUT2D eigenvalue weighted by Crippen LogP contribution is -2.29. The first-order chi connectivity index (χ1) is 13.9. The third-order valence-corrected chi connectivity index (χ3v) is 7.70. The molecular formula is C21H19ClN2O3S2. The van der Waals surface area contributed by atoms with Gasteiger partial charge in [0.15, 0.2) is 0 Å². The lowest BCUT2D eigenvalue weighted by Gasteiger charge is -2.20. The number of carbonyl (C=O) groups is 1. The second-order valence-electron chi connectivity index (χ2n) is 6.80. The number of nitrogens with zero attached hydrogens (tertiary/aromatic N) is 1. The Morgan fingerprint density at radius 1 is 1.03 bits per heavy atom. The zero-order chi connectivity index (χ0) is 20.4. The zero-order valence-corrected chi connectivity index (χ0v) is 17.8. The largest absolute Gasteiger partial charge is 0.341 e. The van der Waals surface area contributed by atoms with Gasteiger partial charge in [-0.1, -0.05) is 23.7 Å². The highest BCUT2D eigenvalue weighted by Gasteiger charge is 2.28. The molecule has 0 spiro atoms. The minimum atomic E-state index is -3.24. The number of rotatable bonds is 5. The summed E-state index contributed by atoms with van der Waals surface area (Å²) in [4.78, 5) is 12.9. The summed E-state index contributed by atoms with van der Waals surface area (Å²) in [5.74, 6) is -0.0643. The fourth-order valence-electron chi connectivity index (χ4n) is 3.38.